The minimum Gasteiger partial charge on any atom is -0.287 e. The summed E-state index contributed by atoms with van der Waals surface area (Å²) in [6.07, 6.45) is 0. The minimum absolute atomic E-state index is 0.731. The molecule has 0 aliphatic heterocycles. The van der Waals surface area contributed by atoms with E-state index in [1.54, 1.807) is 41.5 Å². The molecule has 0 aliphatic rings. The highest BCUT2D eigenvalue weighted by atomic mass is 31.2. The molecule has 0 N–H and O–H groups in total. The summed E-state index contributed by atoms with van der Waals surface area (Å²) in [5, 5.41) is -1.46. The van der Waals surface area contributed by atoms with E-state index in [4.69, 9.17) is 0 Å². The zero-order chi connectivity index (χ0) is 9.50. The van der Waals surface area contributed by atoms with Gasteiger partial charge in [-0.25, -0.2) is 0 Å². The molecule has 0 aromatic heterocycles. The van der Waals surface area contributed by atoms with Gasteiger partial charge >= 0.3 is 0 Å². The zero-order valence-corrected chi connectivity index (χ0v) is 9.13. The second-order valence-corrected chi connectivity index (χ2v) is 8.62. The van der Waals surface area contributed by atoms with E-state index in [1.807, 2.05) is 0 Å². The fraction of sp³-hybridized carbons (Fsp3) is 1.00. The van der Waals surface area contributed by atoms with E-state index in [-0.39, 0.29) is 0 Å². The van der Waals surface area contributed by atoms with E-state index in [2.05, 4.69) is 0 Å². The summed E-state index contributed by atoms with van der Waals surface area (Å²) in [4.78, 5) is 0. The van der Waals surface area contributed by atoms with Crippen molar-refractivity contribution in [2.75, 3.05) is 0 Å². The number of halogens is 1. The molecule has 0 fully saturated rings. The van der Waals surface area contributed by atoms with Crippen LogP contribution in [0.5, 0.6) is 0 Å². The standard InChI is InChI=1S/C8H18FOP/c1-7(2,3)11(9,10)8(4,5)6/h1-6H3. The molecule has 0 aromatic carbocycles. The average Bonchev–Trinajstić information content (AvgIpc) is 1.58. The molecule has 0 rings (SSSR count). The maximum atomic E-state index is 13.7. The van der Waals surface area contributed by atoms with Crippen molar-refractivity contribution in [1.82, 2.24) is 0 Å². The second kappa shape index (κ2) is 2.58. The first-order valence-corrected chi connectivity index (χ1v) is 5.40. The molecule has 11 heavy (non-hydrogen) atoms. The van der Waals surface area contributed by atoms with Crippen LogP contribution in [0.25, 0.3) is 0 Å². The molecule has 0 atom stereocenters. The third-order valence-corrected chi connectivity index (χ3v) is 5.18. The van der Waals surface area contributed by atoms with Crippen molar-refractivity contribution in [3.8, 4) is 0 Å². The Morgan fingerprint density at radius 2 is 1.09 bits per heavy atom. The molecule has 0 spiro atoms. The third kappa shape index (κ3) is 2.05. The van der Waals surface area contributed by atoms with Gasteiger partial charge < -0.3 is 0 Å². The van der Waals surface area contributed by atoms with Crippen LogP contribution in [-0.4, -0.2) is 10.3 Å². The first-order chi connectivity index (χ1) is 4.50. The van der Waals surface area contributed by atoms with Gasteiger partial charge in [-0.05, 0) is 0 Å². The van der Waals surface area contributed by atoms with Crippen LogP contribution < -0.4 is 0 Å². The topological polar surface area (TPSA) is 17.1 Å². The summed E-state index contributed by atoms with van der Waals surface area (Å²) < 4.78 is 25.2. The summed E-state index contributed by atoms with van der Waals surface area (Å²) in [6.45, 7) is 10.1. The number of hydrogen-bond acceptors (Lipinski definition) is 1. The Kier molecular flexibility index (Phi) is 2.62. The minimum atomic E-state index is -3.56. The molecule has 0 radical (unpaired) electrons. The molecular formula is C8H18FOP. The molecule has 3 heteroatoms. The van der Waals surface area contributed by atoms with Gasteiger partial charge in [0.25, 0.3) is 7.45 Å². The van der Waals surface area contributed by atoms with E-state index < -0.39 is 17.8 Å². The second-order valence-electron chi connectivity index (χ2n) is 4.87. The lowest BCUT2D eigenvalue weighted by atomic mass is 10.2. The fourth-order valence-electron chi connectivity index (χ4n) is 1.01. The highest BCUT2D eigenvalue weighted by Gasteiger charge is 2.46. The van der Waals surface area contributed by atoms with Crippen molar-refractivity contribution < 1.29 is 8.76 Å². The van der Waals surface area contributed by atoms with Gasteiger partial charge in [0.2, 0.25) is 0 Å². The van der Waals surface area contributed by atoms with E-state index in [1.165, 1.54) is 0 Å². The maximum Gasteiger partial charge on any atom is 0.254 e. The Morgan fingerprint density at radius 1 is 0.909 bits per heavy atom. The summed E-state index contributed by atoms with van der Waals surface area (Å²) in [6, 6.07) is 0. The largest absolute Gasteiger partial charge is 0.287 e. The van der Waals surface area contributed by atoms with Gasteiger partial charge in [-0.15, -0.1) is 0 Å². The Labute approximate surface area is 68.9 Å². The molecule has 0 saturated carbocycles. The van der Waals surface area contributed by atoms with Gasteiger partial charge in [0.05, 0.1) is 0 Å². The third-order valence-electron chi connectivity index (χ3n) is 1.73. The molecule has 0 aliphatic carbocycles. The molecule has 68 valence electrons. The van der Waals surface area contributed by atoms with Crippen molar-refractivity contribution in [3.63, 3.8) is 0 Å². The molecule has 1 nitrogen and oxygen atoms in total. The van der Waals surface area contributed by atoms with Gasteiger partial charge in [0, 0.05) is 10.3 Å². The van der Waals surface area contributed by atoms with Crippen molar-refractivity contribution in [2.45, 2.75) is 51.9 Å². The normalized spacial score (nSPS) is 15.2. The zero-order valence-electron chi connectivity index (χ0n) is 8.23. The fourth-order valence-corrected chi connectivity index (χ4v) is 3.02. The molecule has 0 amide bonds. The molecular weight excluding hydrogens is 162 g/mol. The first kappa shape index (κ1) is 11.2. The van der Waals surface area contributed by atoms with Crippen LogP contribution in [-0.2, 0) is 4.57 Å². The van der Waals surface area contributed by atoms with E-state index in [9.17, 15) is 8.76 Å². The monoisotopic (exact) mass is 180 g/mol. The molecule has 0 unspecified atom stereocenters. The summed E-state index contributed by atoms with van der Waals surface area (Å²) in [7, 11) is -3.56. The van der Waals surface area contributed by atoms with Crippen LogP contribution in [0, 0.1) is 0 Å². The van der Waals surface area contributed by atoms with E-state index >= 15 is 0 Å². The quantitative estimate of drug-likeness (QED) is 0.518. The van der Waals surface area contributed by atoms with Gasteiger partial charge in [-0.1, -0.05) is 41.5 Å². The summed E-state index contributed by atoms with van der Waals surface area (Å²) in [5.74, 6) is 0. The van der Waals surface area contributed by atoms with E-state index in [0.29, 0.717) is 0 Å². The van der Waals surface area contributed by atoms with Crippen molar-refractivity contribution >= 4 is 7.45 Å². The Bertz CT molecular complexity index is 167. The number of rotatable bonds is 0. The Balaban J connectivity index is 4.92. The number of hydrogen-bond donors (Lipinski definition) is 0. The molecule has 0 heterocycles. The summed E-state index contributed by atoms with van der Waals surface area (Å²) >= 11 is 0. The van der Waals surface area contributed by atoms with Crippen LogP contribution in [0.1, 0.15) is 41.5 Å². The van der Waals surface area contributed by atoms with Crippen LogP contribution in [0.3, 0.4) is 0 Å². The van der Waals surface area contributed by atoms with Crippen molar-refractivity contribution in [2.24, 2.45) is 0 Å². The lowest BCUT2D eigenvalue weighted by Crippen LogP contribution is -2.25. The van der Waals surface area contributed by atoms with Gasteiger partial charge in [-0.2, -0.15) is 4.20 Å². The van der Waals surface area contributed by atoms with Crippen LogP contribution >= 0.6 is 7.45 Å². The summed E-state index contributed by atoms with van der Waals surface area (Å²) in [5.41, 5.74) is 0. The van der Waals surface area contributed by atoms with Crippen molar-refractivity contribution in [3.05, 3.63) is 0 Å². The van der Waals surface area contributed by atoms with Crippen LogP contribution in [0.4, 0.5) is 4.20 Å². The smallest absolute Gasteiger partial charge is 0.254 e. The average molecular weight is 180 g/mol. The predicted octanol–water partition coefficient (Wildman–Crippen LogP) is 3.83. The highest BCUT2D eigenvalue weighted by Crippen LogP contribution is 2.67. The van der Waals surface area contributed by atoms with Gasteiger partial charge in [0.15, 0.2) is 0 Å². The molecule has 0 saturated heterocycles. The van der Waals surface area contributed by atoms with Crippen molar-refractivity contribution in [1.29, 1.82) is 0 Å². The Hall–Kier alpha value is 0.160. The van der Waals surface area contributed by atoms with Gasteiger partial charge in [0.1, 0.15) is 0 Å². The van der Waals surface area contributed by atoms with Crippen LogP contribution in [0.2, 0.25) is 0 Å². The van der Waals surface area contributed by atoms with E-state index in [0.717, 1.165) is 0 Å². The van der Waals surface area contributed by atoms with Crippen LogP contribution in [0.15, 0.2) is 0 Å². The maximum absolute atomic E-state index is 13.7. The predicted molar refractivity (Wildman–Crippen MR) is 48.2 cm³/mol. The molecule has 0 aromatic rings. The SMILES string of the molecule is CC(C)(C)P(=O)(F)C(C)(C)C. The lowest BCUT2D eigenvalue weighted by Gasteiger charge is -2.33. The molecule has 0 bridgehead atoms. The Morgan fingerprint density at radius 3 is 1.09 bits per heavy atom. The van der Waals surface area contributed by atoms with Gasteiger partial charge in [-0.3, -0.25) is 4.57 Å². The highest BCUT2D eigenvalue weighted by molar-refractivity contribution is 7.61. The lowest BCUT2D eigenvalue weighted by molar-refractivity contribution is 0.472. The first-order valence-electron chi connectivity index (χ1n) is 3.80.